The fraction of sp³-hybridized carbons (Fsp3) is 0.394. The number of para-hydroxylation sites is 1. The van der Waals surface area contributed by atoms with E-state index < -0.39 is 40.8 Å². The van der Waals surface area contributed by atoms with Crippen LogP contribution >= 0.6 is 0 Å². The summed E-state index contributed by atoms with van der Waals surface area (Å²) in [6.45, 7) is 2.80. The molecular weight excluding hydrogens is 584 g/mol. The summed E-state index contributed by atoms with van der Waals surface area (Å²) < 4.78 is 80.9. The molecule has 1 aliphatic heterocycles. The highest BCUT2D eigenvalue weighted by Gasteiger charge is 2.43. The van der Waals surface area contributed by atoms with Crippen LogP contribution in [0.3, 0.4) is 0 Å². The Labute approximate surface area is 251 Å². The Balaban J connectivity index is 1.34. The standard InChI is InChI=1S/C33H33F6N3O2/c1-22(23-18-25(32(34,35)36)20-26(19-23)33(37,38)39)30(44)40-31(24-8-4-2-5-9-24)14-12-28(13-15-31)42-17-16-41(21-29(42)43)27-10-6-3-7-11-27/h2-11,18-20,22,28H,12-17,21H2,1H3,(H,40,44). The van der Waals surface area contributed by atoms with E-state index in [1.54, 1.807) is 0 Å². The number of nitrogens with one attached hydrogen (secondary N) is 1. The Bertz CT molecular complexity index is 1440. The Morgan fingerprint density at radius 2 is 1.39 bits per heavy atom. The maximum atomic E-state index is 13.6. The predicted octanol–water partition coefficient (Wildman–Crippen LogP) is 7.13. The molecule has 2 fully saturated rings. The minimum absolute atomic E-state index is 0.0139. The first kappa shape index (κ1) is 31.4. The number of carbonyl (C=O) groups excluding carboxylic acids is 2. The van der Waals surface area contributed by atoms with E-state index in [1.165, 1.54) is 6.92 Å². The van der Waals surface area contributed by atoms with E-state index in [1.807, 2.05) is 70.5 Å². The molecule has 2 amide bonds. The molecule has 0 bridgehead atoms. The number of amides is 2. The second-order valence-corrected chi connectivity index (χ2v) is 11.6. The second-order valence-electron chi connectivity index (χ2n) is 11.6. The van der Waals surface area contributed by atoms with Crippen LogP contribution in [0.1, 0.15) is 60.8 Å². The third-order valence-corrected chi connectivity index (χ3v) is 8.82. The first-order valence-corrected chi connectivity index (χ1v) is 14.5. The molecule has 1 aliphatic carbocycles. The second kappa shape index (κ2) is 12.2. The number of alkyl halides is 6. The normalized spacial score (nSPS) is 22.1. The summed E-state index contributed by atoms with van der Waals surface area (Å²) in [4.78, 5) is 30.7. The zero-order valence-electron chi connectivity index (χ0n) is 24.1. The van der Waals surface area contributed by atoms with Crippen molar-refractivity contribution in [3.63, 3.8) is 0 Å². The molecule has 3 aromatic carbocycles. The minimum atomic E-state index is -5.01. The summed E-state index contributed by atoms with van der Waals surface area (Å²) in [5, 5.41) is 3.01. The average Bonchev–Trinajstić information content (AvgIpc) is 3.01. The van der Waals surface area contributed by atoms with Gasteiger partial charge >= 0.3 is 12.4 Å². The predicted molar refractivity (Wildman–Crippen MR) is 154 cm³/mol. The van der Waals surface area contributed by atoms with Gasteiger partial charge in [-0.25, -0.2) is 0 Å². The lowest BCUT2D eigenvalue weighted by Gasteiger charge is -2.47. The molecule has 2 aliphatic rings. The van der Waals surface area contributed by atoms with Crippen molar-refractivity contribution < 1.29 is 35.9 Å². The van der Waals surface area contributed by atoms with Crippen molar-refractivity contribution in [3.8, 4) is 0 Å². The quantitative estimate of drug-likeness (QED) is 0.300. The molecule has 5 nitrogen and oxygen atoms in total. The summed E-state index contributed by atoms with van der Waals surface area (Å²) in [5.41, 5.74) is -2.42. The lowest BCUT2D eigenvalue weighted by Crippen LogP contribution is -2.57. The highest BCUT2D eigenvalue weighted by atomic mass is 19.4. The van der Waals surface area contributed by atoms with Gasteiger partial charge in [-0.2, -0.15) is 26.3 Å². The van der Waals surface area contributed by atoms with Crippen LogP contribution in [0, 0.1) is 0 Å². The van der Waals surface area contributed by atoms with Gasteiger partial charge in [0.05, 0.1) is 29.1 Å². The SMILES string of the molecule is CC(C(=O)NC1(c2ccccc2)CCC(N2CCN(c3ccccc3)CC2=O)CC1)c1cc(C(F)(F)F)cc(C(F)(F)F)c1. The van der Waals surface area contributed by atoms with Crippen LogP contribution in [0.4, 0.5) is 32.0 Å². The van der Waals surface area contributed by atoms with Crippen molar-refractivity contribution in [1.82, 2.24) is 10.2 Å². The van der Waals surface area contributed by atoms with E-state index in [4.69, 9.17) is 0 Å². The molecule has 1 saturated heterocycles. The highest BCUT2D eigenvalue weighted by molar-refractivity contribution is 5.84. The van der Waals surface area contributed by atoms with E-state index in [2.05, 4.69) is 5.32 Å². The van der Waals surface area contributed by atoms with Gasteiger partial charge < -0.3 is 15.1 Å². The highest BCUT2D eigenvalue weighted by Crippen LogP contribution is 2.41. The van der Waals surface area contributed by atoms with E-state index in [0.717, 1.165) is 11.3 Å². The smallest absolute Gasteiger partial charge is 0.360 e. The van der Waals surface area contributed by atoms with Gasteiger partial charge in [0, 0.05) is 24.8 Å². The molecule has 44 heavy (non-hydrogen) atoms. The Kier molecular flexibility index (Phi) is 8.68. The van der Waals surface area contributed by atoms with Gasteiger partial charge in [-0.15, -0.1) is 0 Å². The van der Waals surface area contributed by atoms with Gasteiger partial charge in [-0.3, -0.25) is 9.59 Å². The summed E-state index contributed by atoms with van der Waals surface area (Å²) in [7, 11) is 0. The average molecular weight is 618 g/mol. The Morgan fingerprint density at radius 1 is 0.841 bits per heavy atom. The van der Waals surface area contributed by atoms with Crippen molar-refractivity contribution in [1.29, 1.82) is 0 Å². The lowest BCUT2D eigenvalue weighted by atomic mass is 9.74. The summed E-state index contributed by atoms with van der Waals surface area (Å²) in [6, 6.07) is 20.0. The molecule has 5 rings (SSSR count). The zero-order chi connectivity index (χ0) is 31.7. The van der Waals surface area contributed by atoms with E-state index in [0.29, 0.717) is 50.9 Å². The Morgan fingerprint density at radius 3 is 1.91 bits per heavy atom. The van der Waals surface area contributed by atoms with Gasteiger partial charge in [-0.05, 0) is 74.1 Å². The van der Waals surface area contributed by atoms with Gasteiger partial charge in [0.2, 0.25) is 11.8 Å². The van der Waals surface area contributed by atoms with Gasteiger partial charge in [0.1, 0.15) is 0 Å². The molecule has 0 radical (unpaired) electrons. The van der Waals surface area contributed by atoms with Gasteiger partial charge in [0.25, 0.3) is 0 Å². The number of halogens is 6. The van der Waals surface area contributed by atoms with E-state index in [9.17, 15) is 35.9 Å². The van der Waals surface area contributed by atoms with Crippen molar-refractivity contribution in [2.75, 3.05) is 24.5 Å². The molecule has 0 aromatic heterocycles. The molecule has 1 heterocycles. The van der Waals surface area contributed by atoms with Crippen LogP contribution in [-0.2, 0) is 27.5 Å². The molecule has 1 atom stereocenters. The van der Waals surface area contributed by atoms with Gasteiger partial charge in [-0.1, -0.05) is 48.5 Å². The van der Waals surface area contributed by atoms with Crippen molar-refractivity contribution in [3.05, 3.63) is 101 Å². The topological polar surface area (TPSA) is 52.7 Å². The van der Waals surface area contributed by atoms with Gasteiger partial charge in [0.15, 0.2) is 0 Å². The Hall–Kier alpha value is -4.02. The number of anilines is 1. The minimum Gasteiger partial charge on any atom is -0.360 e. The van der Waals surface area contributed by atoms with Crippen LogP contribution in [0.5, 0.6) is 0 Å². The van der Waals surface area contributed by atoms with Crippen LogP contribution in [-0.4, -0.2) is 42.4 Å². The van der Waals surface area contributed by atoms with Crippen molar-refractivity contribution in [2.45, 2.75) is 62.5 Å². The summed E-state index contributed by atoms with van der Waals surface area (Å²) in [5.74, 6) is -1.95. The first-order valence-electron chi connectivity index (χ1n) is 14.5. The molecule has 11 heteroatoms. The molecule has 0 spiro atoms. The van der Waals surface area contributed by atoms with Crippen LogP contribution < -0.4 is 10.2 Å². The van der Waals surface area contributed by atoms with Crippen LogP contribution in [0.2, 0.25) is 0 Å². The molecular formula is C33H33F6N3O2. The van der Waals surface area contributed by atoms with Crippen molar-refractivity contribution >= 4 is 17.5 Å². The van der Waals surface area contributed by atoms with Crippen molar-refractivity contribution in [2.24, 2.45) is 0 Å². The monoisotopic (exact) mass is 617 g/mol. The van der Waals surface area contributed by atoms with E-state index >= 15 is 0 Å². The zero-order valence-corrected chi connectivity index (χ0v) is 24.1. The molecule has 1 N–H and O–H groups in total. The number of benzene rings is 3. The third-order valence-electron chi connectivity index (χ3n) is 8.82. The maximum Gasteiger partial charge on any atom is 0.416 e. The molecule has 1 saturated carbocycles. The largest absolute Gasteiger partial charge is 0.416 e. The number of hydrogen-bond acceptors (Lipinski definition) is 3. The number of piperazine rings is 1. The fourth-order valence-electron chi connectivity index (χ4n) is 6.31. The number of rotatable bonds is 6. The number of carbonyl (C=O) groups is 2. The first-order chi connectivity index (χ1) is 20.8. The number of nitrogens with zero attached hydrogens (tertiary/aromatic N) is 2. The molecule has 3 aromatic rings. The lowest BCUT2D eigenvalue weighted by molar-refractivity contribution is -0.143. The number of hydrogen-bond donors (Lipinski definition) is 1. The maximum absolute atomic E-state index is 13.6. The van der Waals surface area contributed by atoms with E-state index in [-0.39, 0.29) is 30.1 Å². The summed E-state index contributed by atoms with van der Waals surface area (Å²) >= 11 is 0. The summed E-state index contributed by atoms with van der Waals surface area (Å²) in [6.07, 6.45) is -7.99. The third kappa shape index (κ3) is 6.71. The van der Waals surface area contributed by atoms with Crippen LogP contribution in [0.25, 0.3) is 0 Å². The molecule has 234 valence electrons. The fourth-order valence-corrected chi connectivity index (χ4v) is 6.31. The van der Waals surface area contributed by atoms with Crippen LogP contribution in [0.15, 0.2) is 78.9 Å². The molecule has 1 unspecified atom stereocenters.